The number of pyridine rings is 1. The summed E-state index contributed by atoms with van der Waals surface area (Å²) in [6, 6.07) is 14.2. The Balaban J connectivity index is 1.21. The molecule has 2 bridgehead atoms. The van der Waals surface area contributed by atoms with E-state index in [1.165, 1.54) is 10.0 Å². The van der Waals surface area contributed by atoms with Crippen LogP contribution < -0.4 is 21.5 Å². The molecule has 9 nitrogen and oxygen atoms in total. The lowest BCUT2D eigenvalue weighted by Crippen LogP contribution is -2.93. The Morgan fingerprint density at radius 2 is 1.78 bits per heavy atom. The van der Waals surface area contributed by atoms with Crippen molar-refractivity contribution in [2.24, 2.45) is 29.5 Å². The quantitative estimate of drug-likeness (QED) is 0.212. The predicted octanol–water partition coefficient (Wildman–Crippen LogP) is 1.58. The summed E-state index contributed by atoms with van der Waals surface area (Å²) in [6.45, 7) is 0.637. The SMILES string of the molecule is CN(N)[NH2+]Cc1ccnc2c(NC(=O)c3ccc(N4C(=O)C5C6C=CC(C6)C5C4=O)cc3)cccc12. The summed E-state index contributed by atoms with van der Waals surface area (Å²) in [4.78, 5) is 44.9. The number of nitrogens with one attached hydrogen (secondary N) is 1. The second-order valence-corrected chi connectivity index (χ2v) is 9.74. The number of quaternary nitrogens is 1. The number of carbonyl (C=O) groups excluding carboxylic acids is 3. The molecule has 4 atom stereocenters. The highest BCUT2D eigenvalue weighted by Gasteiger charge is 2.59. The third-order valence-corrected chi connectivity index (χ3v) is 7.57. The fraction of sp³-hybridized carbons (Fsp3) is 0.259. The first kappa shape index (κ1) is 22.5. The minimum absolute atomic E-state index is 0.130. The summed E-state index contributed by atoms with van der Waals surface area (Å²) < 4.78 is 0. The Kier molecular flexibility index (Phi) is 5.40. The van der Waals surface area contributed by atoms with Crippen molar-refractivity contribution in [1.29, 1.82) is 0 Å². The zero-order chi connectivity index (χ0) is 25.0. The first-order chi connectivity index (χ1) is 17.4. The van der Waals surface area contributed by atoms with Crippen molar-refractivity contribution < 1.29 is 19.8 Å². The average Bonchev–Trinajstić information content (AvgIpc) is 3.56. The Morgan fingerprint density at radius 1 is 1.08 bits per heavy atom. The minimum Gasteiger partial charge on any atom is -0.320 e. The van der Waals surface area contributed by atoms with Crippen LogP contribution in [0.25, 0.3) is 10.9 Å². The molecule has 2 aromatic carbocycles. The van der Waals surface area contributed by atoms with Crippen LogP contribution in [0.3, 0.4) is 0 Å². The van der Waals surface area contributed by atoms with Gasteiger partial charge in [0.15, 0.2) is 0 Å². The summed E-state index contributed by atoms with van der Waals surface area (Å²) in [5.41, 5.74) is 5.14. The summed E-state index contributed by atoms with van der Waals surface area (Å²) in [5, 5.41) is 5.40. The lowest BCUT2D eigenvalue weighted by Gasteiger charge is -2.17. The number of fused-ring (bicyclic) bond motifs is 6. The number of amides is 3. The molecule has 1 saturated carbocycles. The van der Waals surface area contributed by atoms with Crippen LogP contribution in [0, 0.1) is 23.7 Å². The van der Waals surface area contributed by atoms with E-state index >= 15 is 0 Å². The molecule has 9 heteroatoms. The van der Waals surface area contributed by atoms with Crippen LogP contribution >= 0.6 is 0 Å². The number of hydrogen-bond donors (Lipinski definition) is 3. The normalized spacial score (nSPS) is 24.2. The van der Waals surface area contributed by atoms with E-state index in [2.05, 4.69) is 22.5 Å². The topological polar surface area (TPSA) is 125 Å². The number of para-hydroxylation sites is 1. The largest absolute Gasteiger partial charge is 0.320 e. The van der Waals surface area contributed by atoms with Crippen molar-refractivity contribution in [3.05, 3.63) is 78.0 Å². The Labute approximate surface area is 207 Å². The fourth-order valence-electron chi connectivity index (χ4n) is 5.87. The number of anilines is 2. The second kappa shape index (κ2) is 8.63. The smallest absolute Gasteiger partial charge is 0.255 e. The molecule has 3 amide bonds. The molecule has 2 fully saturated rings. The van der Waals surface area contributed by atoms with Crippen LogP contribution in [0.1, 0.15) is 22.3 Å². The van der Waals surface area contributed by atoms with Crippen LogP contribution in [0.2, 0.25) is 0 Å². The van der Waals surface area contributed by atoms with Gasteiger partial charge in [0.25, 0.3) is 5.91 Å². The maximum absolute atomic E-state index is 13.1. The predicted molar refractivity (Wildman–Crippen MR) is 134 cm³/mol. The molecule has 5 N–H and O–H groups in total. The number of hydrogen-bond acceptors (Lipinski definition) is 6. The number of hydrazine groups is 1. The monoisotopic (exact) mass is 483 g/mol. The lowest BCUT2D eigenvalue weighted by atomic mass is 9.85. The van der Waals surface area contributed by atoms with Gasteiger partial charge >= 0.3 is 0 Å². The standard InChI is InChI=1S/C27H26N6O3/c1-32(28)30-14-18-11-12-29-24-20(18)3-2-4-21(24)31-25(34)15-7-9-19(10-8-15)33-26(35)22-16-5-6-17(13-16)23(22)27(33)36/h2-12,16-17,22-23,30H,13-14,28H2,1H3,(H,31,34)/p+1. The van der Waals surface area contributed by atoms with E-state index in [1.807, 2.05) is 29.7 Å². The van der Waals surface area contributed by atoms with Gasteiger partial charge < -0.3 is 5.32 Å². The van der Waals surface area contributed by atoms with Crippen molar-refractivity contribution in [1.82, 2.24) is 10.1 Å². The number of aromatic nitrogens is 1. The van der Waals surface area contributed by atoms with E-state index in [4.69, 9.17) is 5.84 Å². The molecule has 0 spiro atoms. The van der Waals surface area contributed by atoms with Gasteiger partial charge in [0.05, 0.1) is 35.8 Å². The molecule has 1 aliphatic heterocycles. The fourth-order valence-corrected chi connectivity index (χ4v) is 5.87. The minimum atomic E-state index is -0.298. The highest BCUT2D eigenvalue weighted by Crippen LogP contribution is 2.53. The van der Waals surface area contributed by atoms with Gasteiger partial charge in [-0.25, -0.2) is 11.3 Å². The first-order valence-corrected chi connectivity index (χ1v) is 12.1. The molecule has 1 aromatic heterocycles. The van der Waals surface area contributed by atoms with Gasteiger partial charge in [-0.1, -0.05) is 29.4 Å². The number of allylic oxidation sites excluding steroid dienone is 2. The third kappa shape index (κ3) is 3.60. The van der Waals surface area contributed by atoms with E-state index in [0.29, 0.717) is 29.0 Å². The zero-order valence-corrected chi connectivity index (χ0v) is 19.8. The van der Waals surface area contributed by atoms with Crippen LogP contribution in [-0.4, -0.2) is 34.9 Å². The highest BCUT2D eigenvalue weighted by molar-refractivity contribution is 6.23. The van der Waals surface area contributed by atoms with Gasteiger partial charge in [0.1, 0.15) is 6.54 Å². The number of imide groups is 1. The van der Waals surface area contributed by atoms with Gasteiger partial charge in [-0.2, -0.15) is 0 Å². The summed E-state index contributed by atoms with van der Waals surface area (Å²) in [5.74, 6) is 4.98. The lowest BCUT2D eigenvalue weighted by molar-refractivity contribution is -0.815. The van der Waals surface area contributed by atoms with Crippen molar-refractivity contribution in [2.45, 2.75) is 13.0 Å². The molecule has 36 heavy (non-hydrogen) atoms. The van der Waals surface area contributed by atoms with Gasteiger partial charge in [0, 0.05) is 22.7 Å². The molecule has 2 aliphatic carbocycles. The van der Waals surface area contributed by atoms with Gasteiger partial charge in [0.2, 0.25) is 11.8 Å². The van der Waals surface area contributed by atoms with Crippen LogP contribution in [0.4, 0.5) is 11.4 Å². The van der Waals surface area contributed by atoms with Crippen molar-refractivity contribution in [3.63, 3.8) is 0 Å². The molecule has 182 valence electrons. The van der Waals surface area contributed by atoms with Gasteiger partial charge in [-0.15, -0.1) is 0 Å². The van der Waals surface area contributed by atoms with Crippen molar-refractivity contribution >= 4 is 40.0 Å². The zero-order valence-electron chi connectivity index (χ0n) is 19.8. The van der Waals surface area contributed by atoms with E-state index in [-0.39, 0.29) is 41.4 Å². The van der Waals surface area contributed by atoms with Crippen LogP contribution in [0.15, 0.2) is 66.9 Å². The van der Waals surface area contributed by atoms with E-state index in [9.17, 15) is 14.4 Å². The van der Waals surface area contributed by atoms with Crippen molar-refractivity contribution in [2.75, 3.05) is 17.3 Å². The average molecular weight is 484 g/mol. The van der Waals surface area contributed by atoms with Gasteiger partial charge in [-0.3, -0.25) is 24.3 Å². The highest BCUT2D eigenvalue weighted by atomic mass is 16.2. The summed E-state index contributed by atoms with van der Waals surface area (Å²) in [6.07, 6.45) is 6.77. The van der Waals surface area contributed by atoms with Crippen LogP contribution in [-0.2, 0) is 16.1 Å². The molecule has 4 unspecified atom stereocenters. The second-order valence-electron chi connectivity index (χ2n) is 9.74. The van der Waals surface area contributed by atoms with Gasteiger partial charge in [-0.05, 0) is 54.7 Å². The first-order valence-electron chi connectivity index (χ1n) is 12.1. The van der Waals surface area contributed by atoms with E-state index in [1.54, 1.807) is 37.5 Å². The number of nitrogens with two attached hydrogens (primary N) is 2. The maximum atomic E-state index is 13.1. The van der Waals surface area contributed by atoms with E-state index in [0.717, 1.165) is 17.4 Å². The number of rotatable bonds is 6. The van der Waals surface area contributed by atoms with Crippen molar-refractivity contribution in [3.8, 4) is 0 Å². The molecule has 2 heterocycles. The Morgan fingerprint density at radius 3 is 2.44 bits per heavy atom. The Bertz CT molecular complexity index is 1390. The van der Waals surface area contributed by atoms with E-state index < -0.39 is 0 Å². The van der Waals surface area contributed by atoms with Crippen LogP contribution in [0.5, 0.6) is 0 Å². The molecular weight excluding hydrogens is 456 g/mol. The summed E-state index contributed by atoms with van der Waals surface area (Å²) in [7, 11) is 1.77. The summed E-state index contributed by atoms with van der Waals surface area (Å²) >= 11 is 0. The third-order valence-electron chi connectivity index (χ3n) is 7.57. The molecule has 3 aliphatic rings. The molecule has 6 rings (SSSR count). The Hall–Kier alpha value is -3.92. The molecular formula is C27H27N6O3+. The molecule has 3 aromatic rings. The number of nitrogens with zero attached hydrogens (tertiary/aromatic N) is 3. The molecule has 0 radical (unpaired) electrons. The number of benzene rings is 2. The number of carbonyl (C=O) groups is 3. The maximum Gasteiger partial charge on any atom is 0.255 e. The molecule has 1 saturated heterocycles.